The lowest BCUT2D eigenvalue weighted by Crippen LogP contribution is -1.85. The van der Waals surface area contributed by atoms with Gasteiger partial charge in [-0.3, -0.25) is 0 Å². The van der Waals surface area contributed by atoms with E-state index in [1.807, 2.05) is 37.3 Å². The van der Waals surface area contributed by atoms with Crippen molar-refractivity contribution < 1.29 is 5.11 Å². The molecule has 0 amide bonds. The summed E-state index contributed by atoms with van der Waals surface area (Å²) in [5, 5.41) is 8.63. The number of nitrogen functional groups attached to an aromatic ring is 1. The highest BCUT2D eigenvalue weighted by Gasteiger charge is 1.84. The summed E-state index contributed by atoms with van der Waals surface area (Å²) in [6.45, 7) is 2.00. The minimum Gasteiger partial charge on any atom is -0.508 e. The lowest BCUT2D eigenvalue weighted by atomic mass is 10.2. The van der Waals surface area contributed by atoms with E-state index in [0.29, 0.717) is 5.75 Å². The van der Waals surface area contributed by atoms with Crippen LogP contribution >= 0.6 is 0 Å². The highest BCUT2D eigenvalue weighted by molar-refractivity contribution is 5.44. The third-order valence-corrected chi connectivity index (χ3v) is 1.94. The number of anilines is 1. The van der Waals surface area contributed by atoms with Crippen molar-refractivity contribution in [2.75, 3.05) is 5.73 Å². The van der Waals surface area contributed by atoms with Gasteiger partial charge in [-0.25, -0.2) is 0 Å². The molecule has 0 atom stereocenters. The minimum atomic E-state index is 0.322. The topological polar surface area (TPSA) is 46.2 Å². The lowest BCUT2D eigenvalue weighted by molar-refractivity contribution is 0.475. The Bertz CT molecular complexity index is 377. The number of aromatic hydroxyl groups is 1. The van der Waals surface area contributed by atoms with Gasteiger partial charge in [0.05, 0.1) is 0 Å². The zero-order chi connectivity index (χ0) is 11.1. The average Bonchev–Trinajstić information content (AvgIpc) is 2.25. The van der Waals surface area contributed by atoms with Crippen LogP contribution in [-0.4, -0.2) is 5.11 Å². The number of nitrogens with two attached hydrogens (primary N) is 1. The quantitative estimate of drug-likeness (QED) is 0.644. The molecule has 3 N–H and O–H groups in total. The van der Waals surface area contributed by atoms with Crippen LogP contribution in [0.4, 0.5) is 5.69 Å². The first kappa shape index (κ1) is 11.1. The highest BCUT2D eigenvalue weighted by Crippen LogP contribution is 2.06. The molecule has 0 radical (unpaired) electrons. The van der Waals surface area contributed by atoms with Crippen molar-refractivity contribution in [3.05, 3.63) is 60.2 Å². The first-order valence-electron chi connectivity index (χ1n) is 4.75. The Hall–Kier alpha value is -1.96. The molecule has 0 saturated heterocycles. The Morgan fingerprint density at radius 3 is 1.73 bits per heavy atom. The van der Waals surface area contributed by atoms with Gasteiger partial charge in [-0.1, -0.05) is 36.4 Å². The molecule has 0 aliphatic rings. The molecule has 2 aromatic carbocycles. The summed E-state index contributed by atoms with van der Waals surface area (Å²) >= 11 is 0. The monoisotopic (exact) mass is 201 g/mol. The van der Waals surface area contributed by atoms with Gasteiger partial charge < -0.3 is 10.8 Å². The Morgan fingerprint density at radius 1 is 0.867 bits per heavy atom. The van der Waals surface area contributed by atoms with Gasteiger partial charge in [0.2, 0.25) is 0 Å². The zero-order valence-corrected chi connectivity index (χ0v) is 8.72. The Morgan fingerprint density at radius 2 is 1.40 bits per heavy atom. The van der Waals surface area contributed by atoms with E-state index in [4.69, 9.17) is 10.8 Å². The van der Waals surface area contributed by atoms with Crippen LogP contribution in [0.2, 0.25) is 0 Å². The van der Waals surface area contributed by atoms with E-state index in [1.54, 1.807) is 24.3 Å². The molecule has 0 aromatic heterocycles. The molecule has 15 heavy (non-hydrogen) atoms. The average molecular weight is 201 g/mol. The van der Waals surface area contributed by atoms with Crippen LogP contribution < -0.4 is 5.73 Å². The molecule has 0 saturated carbocycles. The second kappa shape index (κ2) is 5.70. The van der Waals surface area contributed by atoms with Crippen molar-refractivity contribution in [2.24, 2.45) is 0 Å². The maximum atomic E-state index is 8.63. The van der Waals surface area contributed by atoms with Crippen LogP contribution in [-0.2, 0) is 0 Å². The fourth-order valence-electron chi connectivity index (χ4n) is 1.01. The summed E-state index contributed by atoms with van der Waals surface area (Å²) in [5.41, 5.74) is 7.53. The van der Waals surface area contributed by atoms with Crippen molar-refractivity contribution in [2.45, 2.75) is 6.92 Å². The summed E-state index contributed by atoms with van der Waals surface area (Å²) < 4.78 is 0. The molecule has 78 valence electrons. The summed E-state index contributed by atoms with van der Waals surface area (Å²) in [6.07, 6.45) is 0. The van der Waals surface area contributed by atoms with Crippen molar-refractivity contribution >= 4 is 5.69 Å². The van der Waals surface area contributed by atoms with E-state index in [2.05, 4.69) is 0 Å². The largest absolute Gasteiger partial charge is 0.508 e. The van der Waals surface area contributed by atoms with Gasteiger partial charge in [0.15, 0.2) is 0 Å². The van der Waals surface area contributed by atoms with Crippen LogP contribution in [0, 0.1) is 6.92 Å². The van der Waals surface area contributed by atoms with Gasteiger partial charge in [0.1, 0.15) is 5.75 Å². The van der Waals surface area contributed by atoms with Crippen LogP contribution in [0.15, 0.2) is 54.6 Å². The molecule has 2 aromatic rings. The number of hydrogen-bond acceptors (Lipinski definition) is 2. The summed E-state index contributed by atoms with van der Waals surface area (Å²) in [7, 11) is 0. The molecule has 2 heteroatoms. The molecule has 0 heterocycles. The van der Waals surface area contributed by atoms with Crippen molar-refractivity contribution in [1.82, 2.24) is 0 Å². The van der Waals surface area contributed by atoms with Gasteiger partial charge in [-0.05, 0) is 30.7 Å². The normalized spacial score (nSPS) is 8.87. The zero-order valence-electron chi connectivity index (χ0n) is 8.72. The number of benzene rings is 2. The SMILES string of the molecule is Cc1ccccc1N.Oc1ccccc1. The van der Waals surface area contributed by atoms with Gasteiger partial charge in [0.25, 0.3) is 0 Å². The Labute approximate surface area is 90.0 Å². The van der Waals surface area contributed by atoms with Gasteiger partial charge >= 0.3 is 0 Å². The van der Waals surface area contributed by atoms with E-state index in [0.717, 1.165) is 11.3 Å². The summed E-state index contributed by atoms with van der Waals surface area (Å²) in [6, 6.07) is 16.5. The number of rotatable bonds is 0. The molecular formula is C13H15NO. The van der Waals surface area contributed by atoms with E-state index in [9.17, 15) is 0 Å². The predicted octanol–water partition coefficient (Wildman–Crippen LogP) is 2.97. The first-order chi connectivity index (χ1) is 7.20. The number of aryl methyl sites for hydroxylation is 1. The molecule has 0 aliphatic carbocycles. The van der Waals surface area contributed by atoms with Crippen LogP contribution in [0.3, 0.4) is 0 Å². The molecule has 0 spiro atoms. The van der Waals surface area contributed by atoms with Gasteiger partial charge in [0, 0.05) is 5.69 Å². The first-order valence-corrected chi connectivity index (χ1v) is 4.75. The molecular weight excluding hydrogens is 186 g/mol. The van der Waals surface area contributed by atoms with E-state index in [-0.39, 0.29) is 0 Å². The van der Waals surface area contributed by atoms with Crippen LogP contribution in [0.5, 0.6) is 5.75 Å². The second-order valence-corrected chi connectivity index (χ2v) is 3.19. The summed E-state index contributed by atoms with van der Waals surface area (Å²) in [5.74, 6) is 0.322. The van der Waals surface area contributed by atoms with Crippen molar-refractivity contribution in [1.29, 1.82) is 0 Å². The van der Waals surface area contributed by atoms with E-state index >= 15 is 0 Å². The molecule has 2 rings (SSSR count). The maximum Gasteiger partial charge on any atom is 0.115 e. The van der Waals surface area contributed by atoms with Crippen molar-refractivity contribution in [3.63, 3.8) is 0 Å². The van der Waals surface area contributed by atoms with Gasteiger partial charge in [-0.2, -0.15) is 0 Å². The molecule has 0 aliphatic heterocycles. The smallest absolute Gasteiger partial charge is 0.115 e. The fourth-order valence-corrected chi connectivity index (χ4v) is 1.01. The third-order valence-electron chi connectivity index (χ3n) is 1.94. The van der Waals surface area contributed by atoms with Crippen molar-refractivity contribution in [3.8, 4) is 5.75 Å². The standard InChI is InChI=1S/C7H9N.C6H6O/c1-6-4-2-3-5-7(6)8;7-6-4-2-1-3-5-6/h2-5H,8H2,1H3;1-5,7H. The Kier molecular flexibility index (Phi) is 4.23. The predicted molar refractivity (Wildman–Crippen MR) is 63.7 cm³/mol. The summed E-state index contributed by atoms with van der Waals surface area (Å²) in [4.78, 5) is 0. The minimum absolute atomic E-state index is 0.322. The number of phenols is 1. The van der Waals surface area contributed by atoms with E-state index < -0.39 is 0 Å². The van der Waals surface area contributed by atoms with E-state index in [1.165, 1.54) is 0 Å². The van der Waals surface area contributed by atoms with Crippen LogP contribution in [0.1, 0.15) is 5.56 Å². The molecule has 0 unspecified atom stereocenters. The fraction of sp³-hybridized carbons (Fsp3) is 0.0769. The number of para-hydroxylation sites is 2. The van der Waals surface area contributed by atoms with Gasteiger partial charge in [-0.15, -0.1) is 0 Å². The highest BCUT2D eigenvalue weighted by atomic mass is 16.3. The number of phenolic OH excluding ortho intramolecular Hbond substituents is 1. The Balaban J connectivity index is 0.000000151. The molecule has 0 bridgehead atoms. The third kappa shape index (κ3) is 4.18. The maximum absolute atomic E-state index is 8.63. The molecule has 2 nitrogen and oxygen atoms in total. The lowest BCUT2D eigenvalue weighted by Gasteiger charge is -1.93. The second-order valence-electron chi connectivity index (χ2n) is 3.19. The molecule has 0 fully saturated rings. The number of hydrogen-bond donors (Lipinski definition) is 2. The van der Waals surface area contributed by atoms with Crippen LogP contribution in [0.25, 0.3) is 0 Å².